The van der Waals surface area contributed by atoms with Crippen molar-refractivity contribution in [2.75, 3.05) is 11.4 Å². The van der Waals surface area contributed by atoms with Crippen molar-refractivity contribution in [3.05, 3.63) is 41.6 Å². The maximum absolute atomic E-state index is 13.5. The van der Waals surface area contributed by atoms with Crippen molar-refractivity contribution in [3.63, 3.8) is 0 Å². The quantitative estimate of drug-likeness (QED) is 0.747. The largest absolute Gasteiger partial charge is 0.304 e. The van der Waals surface area contributed by atoms with Crippen LogP contribution < -0.4 is 4.90 Å². The minimum atomic E-state index is -0.378. The Morgan fingerprint density at radius 3 is 3.14 bits per heavy atom. The fraction of sp³-hybridized carbons (Fsp3) is 0.267. The molecule has 1 aliphatic rings. The zero-order valence-electron chi connectivity index (χ0n) is 12.0. The number of aryl methyl sites for hydroxylation is 2. The third-order valence-corrected chi connectivity index (χ3v) is 4.05. The fourth-order valence-electron chi connectivity index (χ4n) is 2.99. The highest BCUT2D eigenvalue weighted by molar-refractivity contribution is 6.12. The van der Waals surface area contributed by atoms with E-state index in [1.165, 1.54) is 12.1 Å². The minimum absolute atomic E-state index is 0.224. The molecule has 1 N–H and O–H groups in total. The topological polar surface area (TPSA) is 66.8 Å². The standard InChI is InChI=1S/C15H14FN5O/c1-20-12-5-4-9(16)7-10(12)14(19-20)15(22)21-6-2-3-11-13(21)8-17-18-11/h4-5,7-8H,2-3,6H2,1H3,(H,17,18). The maximum atomic E-state index is 13.5. The highest BCUT2D eigenvalue weighted by Crippen LogP contribution is 2.28. The molecule has 7 heteroatoms. The minimum Gasteiger partial charge on any atom is -0.304 e. The molecule has 0 unspecified atom stereocenters. The van der Waals surface area contributed by atoms with Gasteiger partial charge in [-0.05, 0) is 31.0 Å². The summed E-state index contributed by atoms with van der Waals surface area (Å²) in [6, 6.07) is 4.36. The normalized spacial score (nSPS) is 14.4. The summed E-state index contributed by atoms with van der Waals surface area (Å²) in [5, 5.41) is 11.7. The van der Waals surface area contributed by atoms with Crippen LogP contribution in [-0.2, 0) is 13.5 Å². The van der Waals surface area contributed by atoms with Crippen molar-refractivity contribution in [2.24, 2.45) is 7.05 Å². The molecule has 22 heavy (non-hydrogen) atoms. The molecule has 0 atom stereocenters. The molecule has 1 amide bonds. The second kappa shape index (κ2) is 4.66. The SMILES string of the molecule is Cn1nc(C(=O)N2CCCc3[nH]ncc32)c2cc(F)ccc21. The number of H-pyrrole nitrogens is 1. The number of nitrogens with zero attached hydrogens (tertiary/aromatic N) is 4. The second-order valence-corrected chi connectivity index (χ2v) is 5.43. The average Bonchev–Trinajstić information content (AvgIpc) is 3.11. The number of amides is 1. The highest BCUT2D eigenvalue weighted by atomic mass is 19.1. The van der Waals surface area contributed by atoms with Gasteiger partial charge in [-0.25, -0.2) is 4.39 Å². The lowest BCUT2D eigenvalue weighted by Gasteiger charge is -2.25. The van der Waals surface area contributed by atoms with E-state index >= 15 is 0 Å². The molecule has 0 radical (unpaired) electrons. The molecule has 0 bridgehead atoms. The summed E-state index contributed by atoms with van der Waals surface area (Å²) in [6.07, 6.45) is 3.38. The number of hydrogen-bond donors (Lipinski definition) is 1. The molecule has 3 heterocycles. The predicted octanol–water partition coefficient (Wildman–Crippen LogP) is 2.03. The number of nitrogens with one attached hydrogen (secondary N) is 1. The van der Waals surface area contributed by atoms with E-state index in [2.05, 4.69) is 15.3 Å². The number of fused-ring (bicyclic) bond motifs is 2. The first-order chi connectivity index (χ1) is 10.6. The molecule has 6 nitrogen and oxygen atoms in total. The van der Waals surface area contributed by atoms with Gasteiger partial charge in [0.15, 0.2) is 5.69 Å². The average molecular weight is 299 g/mol. The number of hydrogen-bond acceptors (Lipinski definition) is 3. The van der Waals surface area contributed by atoms with Crippen molar-refractivity contribution < 1.29 is 9.18 Å². The van der Waals surface area contributed by atoms with Gasteiger partial charge in [0.05, 0.1) is 23.1 Å². The van der Waals surface area contributed by atoms with Crippen molar-refractivity contribution in [1.82, 2.24) is 20.0 Å². The molecule has 0 aliphatic carbocycles. The highest BCUT2D eigenvalue weighted by Gasteiger charge is 2.28. The van der Waals surface area contributed by atoms with Crippen molar-refractivity contribution in [2.45, 2.75) is 12.8 Å². The molecule has 1 aliphatic heterocycles. The lowest BCUT2D eigenvalue weighted by atomic mass is 10.1. The van der Waals surface area contributed by atoms with Crippen molar-refractivity contribution in [3.8, 4) is 0 Å². The Morgan fingerprint density at radius 2 is 2.27 bits per heavy atom. The van der Waals surface area contributed by atoms with Gasteiger partial charge < -0.3 is 4.90 Å². The van der Waals surface area contributed by atoms with E-state index in [0.717, 1.165) is 29.7 Å². The van der Waals surface area contributed by atoms with Crippen LogP contribution in [0.3, 0.4) is 0 Å². The van der Waals surface area contributed by atoms with Gasteiger partial charge in [-0.3, -0.25) is 14.6 Å². The number of rotatable bonds is 1. The lowest BCUT2D eigenvalue weighted by molar-refractivity contribution is 0.0981. The van der Waals surface area contributed by atoms with Gasteiger partial charge in [0.1, 0.15) is 5.82 Å². The van der Waals surface area contributed by atoms with Gasteiger partial charge in [-0.2, -0.15) is 10.2 Å². The summed E-state index contributed by atoms with van der Waals surface area (Å²) in [5.41, 5.74) is 2.73. The zero-order valence-corrected chi connectivity index (χ0v) is 12.0. The summed E-state index contributed by atoms with van der Waals surface area (Å²) in [7, 11) is 1.75. The van der Waals surface area contributed by atoms with Crippen LogP contribution >= 0.6 is 0 Å². The molecule has 112 valence electrons. The number of aromatic nitrogens is 4. The van der Waals surface area contributed by atoms with Crippen LogP contribution in [0.5, 0.6) is 0 Å². The molecular formula is C15H14FN5O. The van der Waals surface area contributed by atoms with Gasteiger partial charge in [0, 0.05) is 19.0 Å². The Balaban J connectivity index is 1.83. The Morgan fingerprint density at radius 1 is 1.41 bits per heavy atom. The number of aromatic amines is 1. The number of benzene rings is 1. The van der Waals surface area contributed by atoms with Crippen LogP contribution in [0.4, 0.5) is 10.1 Å². The van der Waals surface area contributed by atoms with Gasteiger partial charge in [0.25, 0.3) is 5.91 Å². The Bertz CT molecular complexity index is 881. The molecular weight excluding hydrogens is 285 g/mol. The van der Waals surface area contributed by atoms with Crippen LogP contribution in [0.2, 0.25) is 0 Å². The summed E-state index contributed by atoms with van der Waals surface area (Å²) >= 11 is 0. The third-order valence-electron chi connectivity index (χ3n) is 4.05. The zero-order chi connectivity index (χ0) is 15.3. The van der Waals surface area contributed by atoms with Crippen molar-refractivity contribution in [1.29, 1.82) is 0 Å². The van der Waals surface area contributed by atoms with E-state index in [1.54, 1.807) is 28.9 Å². The van der Waals surface area contributed by atoms with Gasteiger partial charge in [-0.15, -0.1) is 0 Å². The summed E-state index contributed by atoms with van der Waals surface area (Å²) in [4.78, 5) is 14.5. The van der Waals surface area contributed by atoms with E-state index in [1.807, 2.05) is 0 Å². The smallest absolute Gasteiger partial charge is 0.279 e. The molecule has 3 aromatic rings. The fourth-order valence-corrected chi connectivity index (χ4v) is 2.99. The van der Waals surface area contributed by atoms with Crippen LogP contribution in [0.15, 0.2) is 24.4 Å². The van der Waals surface area contributed by atoms with E-state index in [9.17, 15) is 9.18 Å². The molecule has 4 rings (SSSR count). The van der Waals surface area contributed by atoms with Crippen LogP contribution in [-0.4, -0.2) is 32.4 Å². The molecule has 1 aromatic carbocycles. The van der Waals surface area contributed by atoms with Crippen LogP contribution in [0.25, 0.3) is 10.9 Å². The molecule has 0 saturated heterocycles. The predicted molar refractivity (Wildman–Crippen MR) is 79.3 cm³/mol. The Kier molecular flexibility index (Phi) is 2.75. The first-order valence-corrected chi connectivity index (χ1v) is 7.11. The molecule has 0 saturated carbocycles. The number of anilines is 1. The van der Waals surface area contributed by atoms with Gasteiger partial charge in [0.2, 0.25) is 0 Å². The van der Waals surface area contributed by atoms with Gasteiger partial charge in [-0.1, -0.05) is 0 Å². The number of halogens is 1. The van der Waals surface area contributed by atoms with E-state index < -0.39 is 0 Å². The second-order valence-electron chi connectivity index (χ2n) is 5.43. The Hall–Kier alpha value is -2.70. The summed E-state index contributed by atoms with van der Waals surface area (Å²) in [6.45, 7) is 0.610. The monoisotopic (exact) mass is 299 g/mol. The summed E-state index contributed by atoms with van der Waals surface area (Å²) < 4.78 is 15.1. The van der Waals surface area contributed by atoms with Crippen molar-refractivity contribution >= 4 is 22.5 Å². The first kappa shape index (κ1) is 13.0. The Labute approximate surface area is 125 Å². The van der Waals surface area contributed by atoms with E-state index in [0.29, 0.717) is 11.9 Å². The summed E-state index contributed by atoms with van der Waals surface area (Å²) in [5.74, 6) is -0.601. The lowest BCUT2D eigenvalue weighted by Crippen LogP contribution is -2.35. The maximum Gasteiger partial charge on any atom is 0.279 e. The van der Waals surface area contributed by atoms with Gasteiger partial charge >= 0.3 is 0 Å². The molecule has 0 fully saturated rings. The number of carbonyl (C=O) groups excluding carboxylic acids is 1. The third kappa shape index (κ3) is 1.82. The number of carbonyl (C=O) groups is 1. The van der Waals surface area contributed by atoms with E-state index in [4.69, 9.17) is 0 Å². The first-order valence-electron chi connectivity index (χ1n) is 7.11. The van der Waals surface area contributed by atoms with Crippen LogP contribution in [0.1, 0.15) is 22.6 Å². The van der Waals surface area contributed by atoms with E-state index in [-0.39, 0.29) is 17.4 Å². The van der Waals surface area contributed by atoms with Crippen LogP contribution in [0, 0.1) is 5.82 Å². The molecule has 0 spiro atoms. The molecule has 2 aromatic heterocycles.